The van der Waals surface area contributed by atoms with Crippen molar-refractivity contribution in [2.75, 3.05) is 7.11 Å². The molecule has 1 unspecified atom stereocenters. The van der Waals surface area contributed by atoms with Crippen LogP contribution in [0.5, 0.6) is 5.75 Å². The van der Waals surface area contributed by atoms with Crippen LogP contribution in [0.2, 0.25) is 0 Å². The van der Waals surface area contributed by atoms with Gasteiger partial charge in [0.05, 0.1) is 30.9 Å². The van der Waals surface area contributed by atoms with Gasteiger partial charge in [-0.3, -0.25) is 0 Å². The van der Waals surface area contributed by atoms with Gasteiger partial charge in [-0.15, -0.1) is 0 Å². The third-order valence-corrected chi connectivity index (χ3v) is 3.69. The molecule has 0 amide bonds. The maximum absolute atomic E-state index is 13.6. The Balaban J connectivity index is 2.14. The predicted molar refractivity (Wildman–Crippen MR) is 86.4 cm³/mol. The first-order chi connectivity index (χ1) is 11.1. The number of rotatable bonds is 4. The zero-order chi connectivity index (χ0) is 16.4. The second kappa shape index (κ2) is 6.28. The second-order valence-corrected chi connectivity index (χ2v) is 5.14. The number of ether oxygens (including phenoxy) is 1. The lowest BCUT2D eigenvalue weighted by Gasteiger charge is -2.15. The van der Waals surface area contributed by atoms with Crippen molar-refractivity contribution in [3.63, 3.8) is 0 Å². The third kappa shape index (κ3) is 2.99. The van der Waals surface area contributed by atoms with Gasteiger partial charge < -0.3 is 16.2 Å². The maximum atomic E-state index is 13.6. The van der Waals surface area contributed by atoms with Crippen LogP contribution >= 0.6 is 0 Å². The normalized spacial score (nSPS) is 12.3. The highest BCUT2D eigenvalue weighted by atomic mass is 19.1. The zero-order valence-corrected chi connectivity index (χ0v) is 12.7. The molecule has 0 spiro atoms. The zero-order valence-electron chi connectivity index (χ0n) is 12.7. The molecule has 0 aliphatic rings. The van der Waals surface area contributed by atoms with Gasteiger partial charge in [-0.25, -0.2) is 14.4 Å². The summed E-state index contributed by atoms with van der Waals surface area (Å²) >= 11 is 0. The van der Waals surface area contributed by atoms with Crippen molar-refractivity contribution >= 4 is 10.9 Å². The minimum Gasteiger partial charge on any atom is -0.497 e. The summed E-state index contributed by atoms with van der Waals surface area (Å²) in [7, 11) is 1.60. The topological polar surface area (TPSA) is 87.0 Å². The van der Waals surface area contributed by atoms with Gasteiger partial charge in [0.2, 0.25) is 0 Å². The van der Waals surface area contributed by atoms with E-state index in [1.54, 1.807) is 13.2 Å². The summed E-state index contributed by atoms with van der Waals surface area (Å²) in [5.41, 5.74) is 14.0. The molecule has 118 valence electrons. The Bertz CT molecular complexity index is 836. The molecule has 1 aromatic heterocycles. The smallest absolute Gasteiger partial charge is 0.142 e. The van der Waals surface area contributed by atoms with Crippen molar-refractivity contribution in [3.05, 3.63) is 65.4 Å². The molecule has 6 heteroatoms. The van der Waals surface area contributed by atoms with E-state index in [1.165, 1.54) is 12.1 Å². The van der Waals surface area contributed by atoms with Gasteiger partial charge in [-0.2, -0.15) is 0 Å². The summed E-state index contributed by atoms with van der Waals surface area (Å²) < 4.78 is 18.8. The van der Waals surface area contributed by atoms with Crippen LogP contribution in [0, 0.1) is 5.82 Å². The molecule has 4 N–H and O–H groups in total. The molecule has 0 saturated carbocycles. The SMILES string of the molecule is COc1ccc(C(N)c2nc(CN)nc3ccc(F)cc23)cc1. The van der Waals surface area contributed by atoms with Crippen molar-refractivity contribution in [1.82, 2.24) is 9.97 Å². The summed E-state index contributed by atoms with van der Waals surface area (Å²) in [6.07, 6.45) is 0. The van der Waals surface area contributed by atoms with Crippen molar-refractivity contribution in [2.45, 2.75) is 12.6 Å². The molecule has 3 aromatic rings. The van der Waals surface area contributed by atoms with Gasteiger partial charge in [0.15, 0.2) is 0 Å². The number of aromatic nitrogens is 2. The minimum absolute atomic E-state index is 0.190. The van der Waals surface area contributed by atoms with Crippen molar-refractivity contribution in [2.24, 2.45) is 11.5 Å². The fraction of sp³-hybridized carbons (Fsp3) is 0.176. The largest absolute Gasteiger partial charge is 0.497 e. The summed E-state index contributed by atoms with van der Waals surface area (Å²) in [6.45, 7) is 0.190. The fourth-order valence-corrected chi connectivity index (χ4v) is 2.47. The summed E-state index contributed by atoms with van der Waals surface area (Å²) in [5, 5.41) is 0.588. The van der Waals surface area contributed by atoms with E-state index in [1.807, 2.05) is 24.3 Å². The Morgan fingerprint density at radius 2 is 1.87 bits per heavy atom. The van der Waals surface area contributed by atoms with Gasteiger partial charge in [0, 0.05) is 5.39 Å². The molecule has 1 heterocycles. The first-order valence-electron chi connectivity index (χ1n) is 7.18. The number of hydrogen-bond acceptors (Lipinski definition) is 5. The summed E-state index contributed by atoms with van der Waals surface area (Å²) in [5.74, 6) is 0.857. The molecule has 0 saturated heterocycles. The van der Waals surface area contributed by atoms with Gasteiger partial charge in [0.1, 0.15) is 17.4 Å². The van der Waals surface area contributed by atoms with E-state index < -0.39 is 6.04 Å². The Hall–Kier alpha value is -2.57. The van der Waals surface area contributed by atoms with Crippen LogP contribution in [-0.4, -0.2) is 17.1 Å². The second-order valence-electron chi connectivity index (χ2n) is 5.14. The van der Waals surface area contributed by atoms with E-state index in [-0.39, 0.29) is 12.4 Å². The Morgan fingerprint density at radius 3 is 2.52 bits per heavy atom. The Kier molecular flexibility index (Phi) is 4.18. The molecule has 3 rings (SSSR count). The van der Waals surface area contributed by atoms with Crippen LogP contribution in [0.25, 0.3) is 10.9 Å². The van der Waals surface area contributed by atoms with Crippen LogP contribution in [-0.2, 0) is 6.54 Å². The first kappa shape index (κ1) is 15.3. The van der Waals surface area contributed by atoms with Crippen LogP contribution in [0.4, 0.5) is 4.39 Å². The predicted octanol–water partition coefficient (Wildman–Crippen LogP) is 2.28. The molecule has 5 nitrogen and oxygen atoms in total. The molecular weight excluding hydrogens is 295 g/mol. The first-order valence-corrected chi connectivity index (χ1v) is 7.18. The number of nitrogens with two attached hydrogens (primary N) is 2. The highest BCUT2D eigenvalue weighted by Crippen LogP contribution is 2.27. The van der Waals surface area contributed by atoms with Gasteiger partial charge in [-0.05, 0) is 35.9 Å². The van der Waals surface area contributed by atoms with Crippen LogP contribution in [0.15, 0.2) is 42.5 Å². The van der Waals surface area contributed by atoms with Crippen molar-refractivity contribution < 1.29 is 9.13 Å². The number of benzene rings is 2. The van der Waals surface area contributed by atoms with Crippen LogP contribution in [0.3, 0.4) is 0 Å². The highest BCUT2D eigenvalue weighted by Gasteiger charge is 2.17. The molecule has 0 radical (unpaired) electrons. The fourth-order valence-electron chi connectivity index (χ4n) is 2.47. The summed E-state index contributed by atoms with van der Waals surface area (Å²) in [4.78, 5) is 8.74. The molecule has 2 aromatic carbocycles. The van der Waals surface area contributed by atoms with Crippen LogP contribution in [0.1, 0.15) is 23.1 Å². The average Bonchev–Trinajstić information content (AvgIpc) is 2.60. The molecule has 23 heavy (non-hydrogen) atoms. The maximum Gasteiger partial charge on any atom is 0.142 e. The lowest BCUT2D eigenvalue weighted by Crippen LogP contribution is -2.17. The number of nitrogens with zero attached hydrogens (tertiary/aromatic N) is 2. The van der Waals surface area contributed by atoms with E-state index in [2.05, 4.69) is 9.97 Å². The van der Waals surface area contributed by atoms with E-state index in [0.717, 1.165) is 11.3 Å². The molecule has 0 bridgehead atoms. The molecule has 1 atom stereocenters. The number of hydrogen-bond donors (Lipinski definition) is 2. The van der Waals surface area contributed by atoms with E-state index >= 15 is 0 Å². The van der Waals surface area contributed by atoms with E-state index in [4.69, 9.17) is 16.2 Å². The van der Waals surface area contributed by atoms with Crippen molar-refractivity contribution in [1.29, 1.82) is 0 Å². The quantitative estimate of drug-likeness (QED) is 0.772. The monoisotopic (exact) mass is 312 g/mol. The van der Waals surface area contributed by atoms with E-state index in [0.29, 0.717) is 22.4 Å². The molecule has 0 aliphatic carbocycles. The number of methoxy groups -OCH3 is 1. The number of halogens is 1. The van der Waals surface area contributed by atoms with Gasteiger partial charge >= 0.3 is 0 Å². The average molecular weight is 312 g/mol. The minimum atomic E-state index is -0.515. The summed E-state index contributed by atoms with van der Waals surface area (Å²) in [6, 6.07) is 11.2. The van der Waals surface area contributed by atoms with Crippen LogP contribution < -0.4 is 16.2 Å². The third-order valence-electron chi connectivity index (χ3n) is 3.69. The van der Waals surface area contributed by atoms with Crippen molar-refractivity contribution in [3.8, 4) is 5.75 Å². The molecule has 0 fully saturated rings. The highest BCUT2D eigenvalue weighted by molar-refractivity contribution is 5.81. The number of fused-ring (bicyclic) bond motifs is 1. The lowest BCUT2D eigenvalue weighted by molar-refractivity contribution is 0.414. The van der Waals surface area contributed by atoms with Gasteiger partial charge in [0.25, 0.3) is 0 Å². The van der Waals surface area contributed by atoms with E-state index in [9.17, 15) is 4.39 Å². The standard InChI is InChI=1S/C17H17FN4O/c1-23-12-5-2-10(3-6-12)16(20)17-13-8-11(18)4-7-14(13)21-15(9-19)22-17/h2-8,16H,9,19-20H2,1H3. The molecule has 0 aliphatic heterocycles. The Morgan fingerprint density at radius 1 is 1.13 bits per heavy atom. The lowest BCUT2D eigenvalue weighted by atomic mass is 10.0. The molecular formula is C17H17FN4O. The Labute approximate surface area is 133 Å². The van der Waals surface area contributed by atoms with Gasteiger partial charge in [-0.1, -0.05) is 12.1 Å².